The van der Waals surface area contributed by atoms with Crippen molar-refractivity contribution in [2.75, 3.05) is 11.1 Å². The van der Waals surface area contributed by atoms with Gasteiger partial charge in [-0.25, -0.2) is 0 Å². The van der Waals surface area contributed by atoms with E-state index in [0.29, 0.717) is 17.5 Å². The second-order valence-corrected chi connectivity index (χ2v) is 2.76. The fraction of sp³-hybridized carbons (Fsp3) is 0. The van der Waals surface area contributed by atoms with Crippen LogP contribution in [0.1, 0.15) is 0 Å². The molecule has 0 heterocycles. The van der Waals surface area contributed by atoms with Crippen LogP contribution in [0.5, 0.6) is 0 Å². The first-order chi connectivity index (χ1) is 7.08. The van der Waals surface area contributed by atoms with Crippen molar-refractivity contribution in [2.45, 2.75) is 0 Å². The third-order valence-corrected chi connectivity index (χ3v) is 1.55. The molecule has 1 aromatic carbocycles. The van der Waals surface area contributed by atoms with Gasteiger partial charge < -0.3 is 21.0 Å². The molecule has 0 saturated carbocycles. The smallest absolute Gasteiger partial charge is 0.545 e. The van der Waals surface area contributed by atoms with Crippen molar-refractivity contribution in [1.82, 2.24) is 0 Å². The molecule has 0 saturated heterocycles. The van der Waals surface area contributed by atoms with Gasteiger partial charge >= 0.3 is 51.4 Å². The number of carbonyl (C=O) groups excluding carboxylic acids is 2. The van der Waals surface area contributed by atoms with Gasteiger partial charge in [0.05, 0.1) is 5.97 Å². The number of aliphatic carboxylic acids is 1. The minimum absolute atomic E-state index is 0. The molecule has 0 radical (unpaired) electrons. The monoisotopic (exact) mass is 244 g/mol. The zero-order chi connectivity index (χ0) is 11.3. The van der Waals surface area contributed by atoms with Gasteiger partial charge in [-0.3, -0.25) is 4.79 Å². The molecular weight excluding hydrogens is 235 g/mol. The molecule has 1 rings (SSSR count). The maximum atomic E-state index is 11.1. The average Bonchev–Trinajstić information content (AvgIpc) is 2.19. The van der Waals surface area contributed by atoms with Crippen LogP contribution < -0.4 is 67.5 Å². The van der Waals surface area contributed by atoms with Crippen LogP contribution >= 0.6 is 0 Å². The number of carbonyl (C=O) groups is 2. The molecule has 0 aliphatic carbocycles. The quantitative estimate of drug-likeness (QED) is 0.328. The van der Waals surface area contributed by atoms with E-state index in [1.807, 2.05) is 0 Å². The van der Waals surface area contributed by atoms with E-state index in [1.54, 1.807) is 24.3 Å². The van der Waals surface area contributed by atoms with E-state index in [9.17, 15) is 14.7 Å². The van der Waals surface area contributed by atoms with Crippen LogP contribution in [-0.2, 0) is 9.59 Å². The molecule has 0 aliphatic rings. The number of benzene rings is 1. The number of anilines is 2. The first-order valence-electron chi connectivity index (χ1n) is 4.13. The summed E-state index contributed by atoms with van der Waals surface area (Å²) < 4.78 is 0. The Labute approximate surface area is 135 Å². The molecule has 1 amide bonds. The van der Waals surface area contributed by atoms with Crippen molar-refractivity contribution >= 4 is 23.3 Å². The first kappa shape index (κ1) is 15.3. The van der Waals surface area contributed by atoms with Gasteiger partial charge in [0, 0.05) is 17.5 Å². The zero-order valence-corrected chi connectivity index (χ0v) is 11.9. The van der Waals surface area contributed by atoms with Crippen molar-refractivity contribution in [3.05, 3.63) is 36.4 Å². The van der Waals surface area contributed by atoms with Crippen molar-refractivity contribution in [2.24, 2.45) is 0 Å². The summed E-state index contributed by atoms with van der Waals surface area (Å²) in [6.07, 6.45) is 1.54. The number of rotatable bonds is 3. The molecule has 3 N–H and O–H groups in total. The minimum Gasteiger partial charge on any atom is -0.545 e. The number of nitrogens with two attached hydrogens (primary N) is 1. The van der Waals surface area contributed by atoms with E-state index >= 15 is 0 Å². The Kier molecular flexibility index (Phi) is 7.27. The zero-order valence-electron chi connectivity index (χ0n) is 8.77. The summed E-state index contributed by atoms with van der Waals surface area (Å²) in [6, 6.07) is 6.47. The number of nitrogen functional groups attached to an aromatic ring is 1. The Hall–Kier alpha value is -0.664. The fourth-order valence-electron chi connectivity index (χ4n) is 0.894. The summed E-state index contributed by atoms with van der Waals surface area (Å²) in [5.74, 6) is -1.95. The molecule has 6 heteroatoms. The molecule has 1 aromatic rings. The predicted molar refractivity (Wildman–Crippen MR) is 53.6 cm³/mol. The summed E-state index contributed by atoms with van der Waals surface area (Å²) in [6.45, 7) is 0. The van der Waals surface area contributed by atoms with Gasteiger partial charge in [0.1, 0.15) is 0 Å². The number of amides is 1. The largest absolute Gasteiger partial charge is 1.00 e. The van der Waals surface area contributed by atoms with Gasteiger partial charge in [-0.1, -0.05) is 0 Å². The van der Waals surface area contributed by atoms with Crippen molar-refractivity contribution < 1.29 is 66.1 Å². The summed E-state index contributed by atoms with van der Waals surface area (Å²) in [5, 5.41) is 12.5. The van der Waals surface area contributed by atoms with Crippen molar-refractivity contribution in [3.63, 3.8) is 0 Å². The van der Waals surface area contributed by atoms with Crippen LogP contribution in [0, 0.1) is 0 Å². The van der Waals surface area contributed by atoms with Gasteiger partial charge in [0.2, 0.25) is 5.91 Å². The summed E-state index contributed by atoms with van der Waals surface area (Å²) in [7, 11) is 0. The molecule has 0 unspecified atom stereocenters. The van der Waals surface area contributed by atoms with E-state index in [2.05, 4.69) is 5.32 Å². The second-order valence-electron chi connectivity index (χ2n) is 2.76. The van der Waals surface area contributed by atoms with Crippen molar-refractivity contribution in [3.8, 4) is 0 Å². The maximum absolute atomic E-state index is 11.1. The van der Waals surface area contributed by atoms with Crippen LogP contribution in [0.2, 0.25) is 0 Å². The third kappa shape index (κ3) is 6.04. The molecule has 0 bridgehead atoms. The van der Waals surface area contributed by atoms with Gasteiger partial charge in [0.15, 0.2) is 0 Å². The van der Waals surface area contributed by atoms with Gasteiger partial charge in [-0.05, 0) is 30.3 Å². The number of nitrogens with one attached hydrogen (secondary N) is 1. The Balaban J connectivity index is 0.00000225. The summed E-state index contributed by atoms with van der Waals surface area (Å²) in [4.78, 5) is 21.1. The molecule has 0 fully saturated rings. The molecule has 16 heavy (non-hydrogen) atoms. The van der Waals surface area contributed by atoms with E-state index < -0.39 is 11.9 Å². The molecule has 0 atom stereocenters. The van der Waals surface area contributed by atoms with Crippen LogP contribution in [0.15, 0.2) is 36.4 Å². The predicted octanol–water partition coefficient (Wildman–Crippen LogP) is -3.48. The van der Waals surface area contributed by atoms with Gasteiger partial charge in [-0.2, -0.15) is 0 Å². The van der Waals surface area contributed by atoms with Gasteiger partial charge in [-0.15, -0.1) is 0 Å². The Bertz CT molecular complexity index is 401. The van der Waals surface area contributed by atoms with Gasteiger partial charge in [0.25, 0.3) is 0 Å². The minimum atomic E-state index is -1.41. The van der Waals surface area contributed by atoms with Crippen LogP contribution in [0.25, 0.3) is 0 Å². The summed E-state index contributed by atoms with van der Waals surface area (Å²) in [5.41, 5.74) is 6.56. The average molecular weight is 244 g/mol. The maximum Gasteiger partial charge on any atom is 1.00 e. The Morgan fingerprint density at radius 3 is 2.25 bits per heavy atom. The van der Waals surface area contributed by atoms with Crippen LogP contribution in [0.3, 0.4) is 0 Å². The Morgan fingerprint density at radius 1 is 1.19 bits per heavy atom. The fourth-order valence-corrected chi connectivity index (χ4v) is 0.894. The molecule has 5 nitrogen and oxygen atoms in total. The van der Waals surface area contributed by atoms with E-state index in [4.69, 9.17) is 5.73 Å². The molecule has 0 aliphatic heterocycles. The normalized spacial score (nSPS) is 9.50. The topological polar surface area (TPSA) is 95.2 Å². The number of carboxylic acids is 1. The Morgan fingerprint density at radius 2 is 1.75 bits per heavy atom. The second kappa shape index (κ2) is 7.58. The molecule has 78 valence electrons. The number of hydrogen-bond donors (Lipinski definition) is 2. The third-order valence-electron chi connectivity index (χ3n) is 1.55. The number of carboxylic acid groups (broad SMARTS) is 1. The SMILES string of the molecule is Nc1ccc(NC(=O)/C=C\C(=O)[O-])cc1.[K+]. The number of hydrogen-bond acceptors (Lipinski definition) is 4. The molecule has 0 spiro atoms. The van der Waals surface area contributed by atoms with Crippen LogP contribution in [-0.4, -0.2) is 11.9 Å². The van der Waals surface area contributed by atoms with E-state index in [0.717, 1.165) is 6.08 Å². The standard InChI is InChI=1S/C10H10N2O3.K/c11-7-1-3-8(4-2-7)12-9(13)5-6-10(14)15;/h1-6H,11H2,(H,12,13)(H,14,15);/q;+1/p-1/b6-5-;. The van der Waals surface area contributed by atoms with E-state index in [1.165, 1.54) is 0 Å². The molecule has 0 aromatic heterocycles. The van der Waals surface area contributed by atoms with E-state index in [-0.39, 0.29) is 51.4 Å². The van der Waals surface area contributed by atoms with Crippen molar-refractivity contribution in [1.29, 1.82) is 0 Å². The first-order valence-corrected chi connectivity index (χ1v) is 4.13. The molecular formula is C10H9KN2O3. The van der Waals surface area contributed by atoms with Crippen LogP contribution in [0.4, 0.5) is 11.4 Å². The summed E-state index contributed by atoms with van der Waals surface area (Å²) >= 11 is 0.